The SMILES string of the molecule is Cc1ccc(C)c(OCCC(=O)N2CC(CC(=O)O)C2)c1. The molecular weight excluding hydrogens is 270 g/mol. The van der Waals surface area contributed by atoms with E-state index in [1.165, 1.54) is 0 Å². The highest BCUT2D eigenvalue weighted by Crippen LogP contribution is 2.21. The van der Waals surface area contributed by atoms with Gasteiger partial charge in [-0.15, -0.1) is 0 Å². The molecule has 1 fully saturated rings. The van der Waals surface area contributed by atoms with Gasteiger partial charge in [-0.05, 0) is 31.0 Å². The summed E-state index contributed by atoms with van der Waals surface area (Å²) in [4.78, 5) is 24.1. The van der Waals surface area contributed by atoms with E-state index in [2.05, 4.69) is 0 Å². The van der Waals surface area contributed by atoms with E-state index in [-0.39, 0.29) is 18.2 Å². The molecule has 0 saturated carbocycles. The second kappa shape index (κ2) is 6.61. The molecule has 1 amide bonds. The Morgan fingerprint density at radius 1 is 1.33 bits per heavy atom. The molecule has 2 rings (SSSR count). The van der Waals surface area contributed by atoms with Crippen LogP contribution in [0.15, 0.2) is 18.2 Å². The van der Waals surface area contributed by atoms with Crippen molar-refractivity contribution in [2.75, 3.05) is 19.7 Å². The first kappa shape index (κ1) is 15.4. The zero-order valence-corrected chi connectivity index (χ0v) is 12.5. The molecule has 0 bridgehead atoms. The second-order valence-corrected chi connectivity index (χ2v) is 5.63. The van der Waals surface area contributed by atoms with Crippen LogP contribution in [0.25, 0.3) is 0 Å². The maximum atomic E-state index is 11.9. The number of benzene rings is 1. The highest BCUT2D eigenvalue weighted by atomic mass is 16.5. The smallest absolute Gasteiger partial charge is 0.303 e. The fraction of sp³-hybridized carbons (Fsp3) is 0.500. The third-order valence-corrected chi connectivity index (χ3v) is 3.69. The summed E-state index contributed by atoms with van der Waals surface area (Å²) in [6.45, 7) is 5.43. The third-order valence-electron chi connectivity index (χ3n) is 3.69. The number of hydrogen-bond acceptors (Lipinski definition) is 3. The Bertz CT molecular complexity index is 535. The van der Waals surface area contributed by atoms with E-state index >= 15 is 0 Å². The van der Waals surface area contributed by atoms with Crippen LogP contribution in [-0.2, 0) is 9.59 Å². The topological polar surface area (TPSA) is 66.8 Å². The fourth-order valence-corrected chi connectivity index (χ4v) is 2.42. The van der Waals surface area contributed by atoms with Crippen molar-refractivity contribution in [3.05, 3.63) is 29.3 Å². The van der Waals surface area contributed by atoms with Gasteiger partial charge < -0.3 is 14.7 Å². The van der Waals surface area contributed by atoms with E-state index in [0.29, 0.717) is 26.1 Å². The number of carboxylic acids is 1. The third kappa shape index (κ3) is 4.21. The van der Waals surface area contributed by atoms with Crippen molar-refractivity contribution < 1.29 is 19.4 Å². The number of likely N-dealkylation sites (tertiary alicyclic amines) is 1. The van der Waals surface area contributed by atoms with Crippen molar-refractivity contribution in [1.29, 1.82) is 0 Å². The van der Waals surface area contributed by atoms with Crippen LogP contribution in [0.5, 0.6) is 5.75 Å². The van der Waals surface area contributed by atoms with E-state index in [4.69, 9.17) is 9.84 Å². The number of carbonyl (C=O) groups is 2. The van der Waals surface area contributed by atoms with Crippen molar-refractivity contribution in [3.63, 3.8) is 0 Å². The first-order valence-corrected chi connectivity index (χ1v) is 7.15. The first-order chi connectivity index (χ1) is 9.95. The predicted molar refractivity (Wildman–Crippen MR) is 78.4 cm³/mol. The molecule has 0 radical (unpaired) electrons. The molecule has 114 valence electrons. The van der Waals surface area contributed by atoms with Gasteiger partial charge in [-0.2, -0.15) is 0 Å². The number of ether oxygens (including phenoxy) is 1. The maximum Gasteiger partial charge on any atom is 0.303 e. The predicted octanol–water partition coefficient (Wildman–Crippen LogP) is 2.01. The Morgan fingerprint density at radius 3 is 2.71 bits per heavy atom. The van der Waals surface area contributed by atoms with Crippen LogP contribution in [0.1, 0.15) is 24.0 Å². The molecule has 0 aliphatic carbocycles. The molecular formula is C16H21NO4. The molecule has 0 aromatic heterocycles. The van der Waals surface area contributed by atoms with Gasteiger partial charge in [0.05, 0.1) is 19.4 Å². The number of nitrogens with zero attached hydrogens (tertiary/aromatic N) is 1. The summed E-state index contributed by atoms with van der Waals surface area (Å²) in [5.41, 5.74) is 2.18. The lowest BCUT2D eigenvalue weighted by atomic mass is 9.96. The Kier molecular flexibility index (Phi) is 4.83. The lowest BCUT2D eigenvalue weighted by Crippen LogP contribution is -2.50. The van der Waals surface area contributed by atoms with Crippen LogP contribution in [0.4, 0.5) is 0 Å². The van der Waals surface area contributed by atoms with Crippen molar-refractivity contribution in [1.82, 2.24) is 4.90 Å². The van der Waals surface area contributed by atoms with Crippen molar-refractivity contribution in [2.24, 2.45) is 5.92 Å². The monoisotopic (exact) mass is 291 g/mol. The number of carbonyl (C=O) groups excluding carboxylic acids is 1. The standard InChI is InChI=1S/C16H21NO4/c1-11-3-4-12(2)14(7-11)21-6-5-15(18)17-9-13(10-17)8-16(19)20/h3-4,7,13H,5-6,8-10H2,1-2H3,(H,19,20). The van der Waals surface area contributed by atoms with Crippen molar-refractivity contribution in [2.45, 2.75) is 26.7 Å². The van der Waals surface area contributed by atoms with Gasteiger partial charge in [-0.1, -0.05) is 12.1 Å². The van der Waals surface area contributed by atoms with Crippen LogP contribution in [-0.4, -0.2) is 41.6 Å². The number of aliphatic carboxylic acids is 1. The maximum absolute atomic E-state index is 11.9. The number of aryl methyl sites for hydroxylation is 2. The molecule has 1 aliphatic rings. The van der Waals surface area contributed by atoms with Crippen LogP contribution in [0.3, 0.4) is 0 Å². The van der Waals surface area contributed by atoms with E-state index in [9.17, 15) is 9.59 Å². The molecule has 1 saturated heterocycles. The van der Waals surface area contributed by atoms with Crippen molar-refractivity contribution in [3.8, 4) is 5.75 Å². The summed E-state index contributed by atoms with van der Waals surface area (Å²) in [5, 5.41) is 8.67. The number of amides is 1. The summed E-state index contributed by atoms with van der Waals surface area (Å²) in [6.07, 6.45) is 0.468. The lowest BCUT2D eigenvalue weighted by molar-refractivity contribution is -0.145. The van der Waals surface area contributed by atoms with E-state index < -0.39 is 5.97 Å². The summed E-state index contributed by atoms with van der Waals surface area (Å²) in [6, 6.07) is 5.99. The van der Waals surface area contributed by atoms with Gasteiger partial charge >= 0.3 is 5.97 Å². The fourth-order valence-electron chi connectivity index (χ4n) is 2.42. The van der Waals surface area contributed by atoms with Gasteiger partial charge in [0.15, 0.2) is 0 Å². The summed E-state index contributed by atoms with van der Waals surface area (Å²) in [5.74, 6) is 0.147. The second-order valence-electron chi connectivity index (χ2n) is 5.63. The summed E-state index contributed by atoms with van der Waals surface area (Å²) < 4.78 is 5.66. The minimum atomic E-state index is -0.801. The van der Waals surface area contributed by atoms with Gasteiger partial charge in [0.2, 0.25) is 5.91 Å². The van der Waals surface area contributed by atoms with E-state index in [1.54, 1.807) is 4.90 Å². The summed E-state index contributed by atoms with van der Waals surface area (Å²) in [7, 11) is 0. The zero-order chi connectivity index (χ0) is 15.4. The van der Waals surface area contributed by atoms with Gasteiger partial charge in [0.25, 0.3) is 0 Å². The van der Waals surface area contributed by atoms with Crippen LogP contribution >= 0.6 is 0 Å². The van der Waals surface area contributed by atoms with Crippen LogP contribution in [0, 0.1) is 19.8 Å². The van der Waals surface area contributed by atoms with E-state index in [0.717, 1.165) is 16.9 Å². The first-order valence-electron chi connectivity index (χ1n) is 7.15. The van der Waals surface area contributed by atoms with Crippen LogP contribution in [0.2, 0.25) is 0 Å². The molecule has 21 heavy (non-hydrogen) atoms. The van der Waals surface area contributed by atoms with Gasteiger partial charge in [-0.25, -0.2) is 0 Å². The minimum Gasteiger partial charge on any atom is -0.493 e. The Labute approximate surface area is 124 Å². The number of rotatable bonds is 6. The molecule has 1 aromatic rings. The molecule has 0 unspecified atom stereocenters. The number of hydrogen-bond donors (Lipinski definition) is 1. The average Bonchev–Trinajstić information content (AvgIpc) is 2.37. The molecule has 1 aromatic carbocycles. The molecule has 0 spiro atoms. The highest BCUT2D eigenvalue weighted by molar-refractivity contribution is 5.77. The molecule has 5 heteroatoms. The Balaban J connectivity index is 1.71. The quantitative estimate of drug-likeness (QED) is 0.870. The Hall–Kier alpha value is -2.04. The van der Waals surface area contributed by atoms with E-state index in [1.807, 2.05) is 32.0 Å². The average molecular weight is 291 g/mol. The molecule has 1 N–H and O–H groups in total. The molecule has 0 atom stereocenters. The molecule has 1 heterocycles. The highest BCUT2D eigenvalue weighted by Gasteiger charge is 2.31. The van der Waals surface area contributed by atoms with Crippen molar-refractivity contribution >= 4 is 11.9 Å². The minimum absolute atomic E-state index is 0.0296. The number of carboxylic acid groups (broad SMARTS) is 1. The molecule has 1 aliphatic heterocycles. The van der Waals surface area contributed by atoms with Gasteiger partial charge in [-0.3, -0.25) is 9.59 Å². The molecule has 5 nitrogen and oxygen atoms in total. The summed E-state index contributed by atoms with van der Waals surface area (Å²) >= 11 is 0. The normalized spacial score (nSPS) is 14.7. The lowest BCUT2D eigenvalue weighted by Gasteiger charge is -2.38. The van der Waals surface area contributed by atoms with Crippen LogP contribution < -0.4 is 4.74 Å². The van der Waals surface area contributed by atoms with Gasteiger partial charge in [0.1, 0.15) is 5.75 Å². The zero-order valence-electron chi connectivity index (χ0n) is 12.5. The van der Waals surface area contributed by atoms with Gasteiger partial charge in [0, 0.05) is 19.0 Å². The largest absolute Gasteiger partial charge is 0.493 e. The Morgan fingerprint density at radius 2 is 2.05 bits per heavy atom.